The average Bonchev–Trinajstić information content (AvgIpc) is 3.01. The average molecular weight is 376 g/mol. The van der Waals surface area contributed by atoms with Gasteiger partial charge in [0.25, 0.3) is 5.91 Å². The monoisotopic (exact) mass is 375 g/mol. The summed E-state index contributed by atoms with van der Waals surface area (Å²) < 4.78 is 15.5. The van der Waals surface area contributed by atoms with Gasteiger partial charge in [0.2, 0.25) is 0 Å². The van der Waals surface area contributed by atoms with Crippen LogP contribution in [0.1, 0.15) is 16.2 Å². The third kappa shape index (κ3) is 3.59. The number of carbonyl (C=O) groups excluding carboxylic acids is 1. The van der Waals surface area contributed by atoms with Gasteiger partial charge in [-0.2, -0.15) is 4.68 Å². The maximum Gasteiger partial charge on any atom is 0.251 e. The van der Waals surface area contributed by atoms with Gasteiger partial charge in [0.05, 0.1) is 12.2 Å². The molecule has 116 valence electrons. The Balaban J connectivity index is 1.75. The molecule has 0 saturated carbocycles. The first-order chi connectivity index (χ1) is 11.1. The van der Waals surface area contributed by atoms with Crippen molar-refractivity contribution in [3.05, 3.63) is 70.2 Å². The minimum atomic E-state index is -0.387. The number of hydrogen-bond donors (Lipinski definition) is 1. The van der Waals surface area contributed by atoms with E-state index in [0.717, 1.165) is 4.47 Å². The molecule has 0 bridgehead atoms. The topological polar surface area (TPSA) is 72.7 Å². The van der Waals surface area contributed by atoms with Crippen LogP contribution in [0.5, 0.6) is 0 Å². The molecule has 0 fully saturated rings. The number of nitrogens with one attached hydrogen (secondary N) is 1. The second-order valence-corrected chi connectivity index (χ2v) is 5.60. The van der Waals surface area contributed by atoms with E-state index in [9.17, 15) is 9.18 Å². The van der Waals surface area contributed by atoms with Gasteiger partial charge in [-0.1, -0.05) is 28.1 Å². The SMILES string of the molecule is O=C(NCc1nnnn1-c1cccc(F)c1)c1cccc(Br)c1. The molecule has 23 heavy (non-hydrogen) atoms. The highest BCUT2D eigenvalue weighted by Gasteiger charge is 2.11. The molecule has 8 heteroatoms. The molecular weight excluding hydrogens is 365 g/mol. The Hall–Kier alpha value is -2.61. The number of carbonyl (C=O) groups is 1. The number of benzene rings is 2. The largest absolute Gasteiger partial charge is 0.345 e. The zero-order valence-corrected chi connectivity index (χ0v) is 13.4. The Morgan fingerprint density at radius 1 is 1.22 bits per heavy atom. The molecular formula is C15H11BrFN5O. The third-order valence-corrected chi connectivity index (χ3v) is 3.57. The number of aromatic nitrogens is 4. The first kappa shape index (κ1) is 15.3. The Labute approximate surface area is 139 Å². The summed E-state index contributed by atoms with van der Waals surface area (Å²) in [5, 5.41) is 14.0. The van der Waals surface area contributed by atoms with Gasteiger partial charge in [0.1, 0.15) is 5.82 Å². The normalized spacial score (nSPS) is 10.5. The van der Waals surface area contributed by atoms with Crippen molar-refractivity contribution in [3.8, 4) is 5.69 Å². The van der Waals surface area contributed by atoms with Crippen LogP contribution in [0.25, 0.3) is 5.69 Å². The molecule has 1 aromatic heterocycles. The highest BCUT2D eigenvalue weighted by Crippen LogP contribution is 2.12. The Morgan fingerprint density at radius 3 is 2.83 bits per heavy atom. The Kier molecular flexibility index (Phi) is 4.42. The second kappa shape index (κ2) is 6.66. The first-order valence-corrected chi connectivity index (χ1v) is 7.50. The molecule has 0 aliphatic carbocycles. The third-order valence-electron chi connectivity index (χ3n) is 3.08. The summed E-state index contributed by atoms with van der Waals surface area (Å²) in [6.45, 7) is 0.120. The van der Waals surface area contributed by atoms with Crippen molar-refractivity contribution < 1.29 is 9.18 Å². The van der Waals surface area contributed by atoms with E-state index in [-0.39, 0.29) is 18.3 Å². The van der Waals surface area contributed by atoms with E-state index in [1.54, 1.807) is 30.3 Å². The van der Waals surface area contributed by atoms with Gasteiger partial charge >= 0.3 is 0 Å². The van der Waals surface area contributed by atoms with Crippen molar-refractivity contribution in [3.63, 3.8) is 0 Å². The van der Waals surface area contributed by atoms with Crippen LogP contribution in [0.3, 0.4) is 0 Å². The summed E-state index contributed by atoms with van der Waals surface area (Å²) in [4.78, 5) is 12.1. The minimum absolute atomic E-state index is 0.120. The van der Waals surface area contributed by atoms with Gasteiger partial charge in [0, 0.05) is 10.0 Å². The molecule has 3 rings (SSSR count). The summed E-state index contributed by atoms with van der Waals surface area (Å²) in [5.41, 5.74) is 1.01. The van der Waals surface area contributed by atoms with E-state index in [2.05, 4.69) is 36.8 Å². The molecule has 0 saturated heterocycles. The number of hydrogen-bond acceptors (Lipinski definition) is 4. The van der Waals surface area contributed by atoms with Crippen LogP contribution in [0.4, 0.5) is 4.39 Å². The van der Waals surface area contributed by atoms with Crippen LogP contribution in [0.2, 0.25) is 0 Å². The standard InChI is InChI=1S/C15H11BrFN5O/c16-11-4-1-3-10(7-11)15(23)18-9-14-19-20-21-22(14)13-6-2-5-12(17)8-13/h1-8H,9H2,(H,18,23). The van der Waals surface area contributed by atoms with Gasteiger partial charge in [-0.15, -0.1) is 5.10 Å². The molecule has 0 radical (unpaired) electrons. The molecule has 3 aromatic rings. The maximum atomic E-state index is 13.3. The van der Waals surface area contributed by atoms with E-state index in [1.165, 1.54) is 16.8 Å². The zero-order valence-electron chi connectivity index (χ0n) is 11.8. The van der Waals surface area contributed by atoms with Crippen LogP contribution in [0.15, 0.2) is 53.0 Å². The van der Waals surface area contributed by atoms with E-state index >= 15 is 0 Å². The summed E-state index contributed by atoms with van der Waals surface area (Å²) >= 11 is 3.32. The van der Waals surface area contributed by atoms with E-state index in [4.69, 9.17) is 0 Å². The van der Waals surface area contributed by atoms with Crippen molar-refractivity contribution >= 4 is 21.8 Å². The number of nitrogens with zero attached hydrogens (tertiary/aromatic N) is 4. The molecule has 1 heterocycles. The predicted octanol–water partition coefficient (Wildman–Crippen LogP) is 2.49. The quantitative estimate of drug-likeness (QED) is 0.760. The molecule has 6 nitrogen and oxygen atoms in total. The number of amides is 1. The van der Waals surface area contributed by atoms with Gasteiger partial charge < -0.3 is 5.32 Å². The number of rotatable bonds is 4. The van der Waals surface area contributed by atoms with Crippen molar-refractivity contribution in [2.75, 3.05) is 0 Å². The molecule has 1 amide bonds. The minimum Gasteiger partial charge on any atom is -0.345 e. The summed E-state index contributed by atoms with van der Waals surface area (Å²) in [7, 11) is 0. The zero-order chi connectivity index (χ0) is 16.2. The fourth-order valence-corrected chi connectivity index (χ4v) is 2.41. The summed E-state index contributed by atoms with van der Waals surface area (Å²) in [5.74, 6) is -0.235. The molecule has 1 N–H and O–H groups in total. The summed E-state index contributed by atoms with van der Waals surface area (Å²) in [6, 6.07) is 12.9. The van der Waals surface area contributed by atoms with E-state index in [0.29, 0.717) is 17.1 Å². The molecule has 0 aliphatic rings. The molecule has 0 unspecified atom stereocenters. The molecule has 0 spiro atoms. The Morgan fingerprint density at radius 2 is 2.04 bits per heavy atom. The van der Waals surface area contributed by atoms with Gasteiger partial charge in [0.15, 0.2) is 5.82 Å². The lowest BCUT2D eigenvalue weighted by Gasteiger charge is -2.07. The van der Waals surface area contributed by atoms with Crippen molar-refractivity contribution in [1.82, 2.24) is 25.5 Å². The molecule has 2 aromatic carbocycles. The van der Waals surface area contributed by atoms with Crippen LogP contribution in [-0.2, 0) is 6.54 Å². The van der Waals surface area contributed by atoms with Crippen LogP contribution in [0, 0.1) is 5.82 Å². The lowest BCUT2D eigenvalue weighted by molar-refractivity contribution is 0.0949. The lowest BCUT2D eigenvalue weighted by Crippen LogP contribution is -2.24. The highest BCUT2D eigenvalue weighted by molar-refractivity contribution is 9.10. The van der Waals surface area contributed by atoms with Crippen LogP contribution in [-0.4, -0.2) is 26.1 Å². The lowest BCUT2D eigenvalue weighted by atomic mass is 10.2. The first-order valence-electron chi connectivity index (χ1n) is 6.70. The van der Waals surface area contributed by atoms with Gasteiger partial charge in [-0.3, -0.25) is 4.79 Å². The van der Waals surface area contributed by atoms with Gasteiger partial charge in [-0.05, 0) is 46.8 Å². The summed E-state index contributed by atoms with van der Waals surface area (Å²) in [6.07, 6.45) is 0. The van der Waals surface area contributed by atoms with Crippen molar-refractivity contribution in [2.24, 2.45) is 0 Å². The van der Waals surface area contributed by atoms with E-state index < -0.39 is 0 Å². The maximum absolute atomic E-state index is 13.3. The highest BCUT2D eigenvalue weighted by atomic mass is 79.9. The van der Waals surface area contributed by atoms with Crippen LogP contribution < -0.4 is 5.32 Å². The second-order valence-electron chi connectivity index (χ2n) is 4.68. The van der Waals surface area contributed by atoms with Crippen LogP contribution >= 0.6 is 15.9 Å². The van der Waals surface area contributed by atoms with Crippen molar-refractivity contribution in [1.29, 1.82) is 0 Å². The fourth-order valence-electron chi connectivity index (χ4n) is 2.02. The molecule has 0 aliphatic heterocycles. The number of halogens is 2. The smallest absolute Gasteiger partial charge is 0.251 e. The Bertz CT molecular complexity index is 851. The predicted molar refractivity (Wildman–Crippen MR) is 84.4 cm³/mol. The van der Waals surface area contributed by atoms with E-state index in [1.807, 2.05) is 6.07 Å². The van der Waals surface area contributed by atoms with Gasteiger partial charge in [-0.25, -0.2) is 4.39 Å². The fraction of sp³-hybridized carbons (Fsp3) is 0.0667. The van der Waals surface area contributed by atoms with Crippen molar-refractivity contribution in [2.45, 2.75) is 6.54 Å². The molecule has 0 atom stereocenters. The number of tetrazole rings is 1.